The molecule has 2 N–H and O–H groups in total. The van der Waals surface area contributed by atoms with E-state index in [1.807, 2.05) is 32.9 Å². The van der Waals surface area contributed by atoms with Crippen LogP contribution >= 0.6 is 22.6 Å². The summed E-state index contributed by atoms with van der Waals surface area (Å²) in [6.07, 6.45) is -0.660. The molecular formula is C30H38IN3O7. The highest BCUT2D eigenvalue weighted by molar-refractivity contribution is 14.1. The lowest BCUT2D eigenvalue weighted by molar-refractivity contribution is -0.122. The fourth-order valence-electron chi connectivity index (χ4n) is 5.10. The number of piperazine rings is 1. The molecule has 222 valence electrons. The molecule has 41 heavy (non-hydrogen) atoms. The molecule has 2 atom stereocenters. The minimum absolute atomic E-state index is 0.0359. The number of aliphatic hydroxyl groups is 1. The number of β-amino-alcohol motifs (C(OH)–C–C–N with tert-alkyl or cyclic N) is 1. The van der Waals surface area contributed by atoms with Gasteiger partial charge in [-0.2, -0.15) is 0 Å². The van der Waals surface area contributed by atoms with Crippen molar-refractivity contribution < 1.29 is 28.5 Å². The van der Waals surface area contributed by atoms with Crippen LogP contribution in [0, 0.1) is 13.8 Å². The number of carbonyl (C=O) groups excluding carboxylic acids is 1. The zero-order valence-corrected chi connectivity index (χ0v) is 26.3. The lowest BCUT2D eigenvalue weighted by Crippen LogP contribution is -2.51. The molecule has 2 aromatic carbocycles. The van der Waals surface area contributed by atoms with E-state index in [9.17, 15) is 14.7 Å². The Bertz CT molecular complexity index is 1410. The number of aliphatic hydroxyl groups excluding tert-OH is 1. The average Bonchev–Trinajstić information content (AvgIpc) is 2.92. The maximum Gasteiger partial charge on any atom is 0.234 e. The van der Waals surface area contributed by atoms with E-state index in [0.29, 0.717) is 47.1 Å². The van der Waals surface area contributed by atoms with Crippen molar-refractivity contribution in [3.8, 4) is 28.6 Å². The van der Waals surface area contributed by atoms with E-state index in [-0.39, 0.29) is 22.0 Å². The monoisotopic (exact) mass is 679 g/mol. The van der Waals surface area contributed by atoms with Gasteiger partial charge in [0.05, 0.1) is 24.8 Å². The Morgan fingerprint density at radius 2 is 1.71 bits per heavy atom. The first kappa shape index (κ1) is 31.1. The fourth-order valence-corrected chi connectivity index (χ4v) is 5.45. The van der Waals surface area contributed by atoms with Gasteiger partial charge in [-0.25, -0.2) is 0 Å². The molecule has 0 radical (unpaired) electrons. The summed E-state index contributed by atoms with van der Waals surface area (Å²) in [5, 5.41) is 14.0. The zero-order chi connectivity index (χ0) is 29.7. The topological polar surface area (TPSA) is 114 Å². The zero-order valence-electron chi connectivity index (χ0n) is 24.2. The summed E-state index contributed by atoms with van der Waals surface area (Å²) in [4.78, 5) is 29.3. The first-order chi connectivity index (χ1) is 19.6. The number of alkyl halides is 1. The standard InChI is InChI=1S/C30H38IN3O7/c1-18-10-21(25-14-24(36)29-26(39-5)12-23(38-4)13-27(29)41-25)11-19(2)30(18)40-17-22(35)15-33-6-8-34(9-7-33)16-28(37)32-20(3)31/h10-14,20,22,35H,6-9,15-17H2,1-5H3,(H,32,37)/t20?,22-/m1/s1. The first-order valence-electron chi connectivity index (χ1n) is 13.6. The van der Waals surface area contributed by atoms with Crippen LogP contribution in [0.1, 0.15) is 18.1 Å². The summed E-state index contributed by atoms with van der Waals surface area (Å²) in [6.45, 7) is 9.97. The van der Waals surface area contributed by atoms with Crippen LogP contribution in [0.25, 0.3) is 22.3 Å². The maximum absolute atomic E-state index is 13.0. The Hall–Kier alpha value is -2.87. The van der Waals surface area contributed by atoms with E-state index in [1.165, 1.54) is 13.2 Å². The Balaban J connectivity index is 1.38. The molecule has 11 heteroatoms. The molecule has 0 spiro atoms. The highest BCUT2D eigenvalue weighted by Gasteiger charge is 2.22. The number of amides is 1. The first-order valence-corrected chi connectivity index (χ1v) is 14.8. The molecule has 0 bridgehead atoms. The number of aryl methyl sites for hydroxylation is 2. The van der Waals surface area contributed by atoms with Crippen LogP contribution in [0.15, 0.2) is 39.5 Å². The van der Waals surface area contributed by atoms with Gasteiger partial charge in [0.15, 0.2) is 5.43 Å². The van der Waals surface area contributed by atoms with Gasteiger partial charge >= 0.3 is 0 Å². The number of carbonyl (C=O) groups is 1. The number of fused-ring (bicyclic) bond motifs is 1. The van der Waals surface area contributed by atoms with Crippen molar-refractivity contribution in [1.82, 2.24) is 15.1 Å². The Morgan fingerprint density at radius 3 is 2.32 bits per heavy atom. The second kappa shape index (κ2) is 13.9. The minimum Gasteiger partial charge on any atom is -0.496 e. The fraction of sp³-hybridized carbons (Fsp3) is 0.467. The largest absolute Gasteiger partial charge is 0.496 e. The number of benzene rings is 2. The molecule has 1 fully saturated rings. The van der Waals surface area contributed by atoms with Crippen LogP contribution in [0.2, 0.25) is 0 Å². The number of ether oxygens (including phenoxy) is 3. The van der Waals surface area contributed by atoms with Crippen molar-refractivity contribution in [2.75, 3.05) is 60.1 Å². The van der Waals surface area contributed by atoms with Gasteiger partial charge in [0.25, 0.3) is 0 Å². The summed E-state index contributed by atoms with van der Waals surface area (Å²) >= 11 is 2.17. The van der Waals surface area contributed by atoms with Gasteiger partial charge in [-0.05, 0) is 44.0 Å². The summed E-state index contributed by atoms with van der Waals surface area (Å²) in [5.41, 5.74) is 2.64. The normalized spacial score (nSPS) is 15.9. The number of hydrogen-bond acceptors (Lipinski definition) is 9. The van der Waals surface area contributed by atoms with Gasteiger partial charge in [-0.1, -0.05) is 22.6 Å². The number of nitrogens with zero attached hydrogens (tertiary/aromatic N) is 2. The molecule has 1 saturated heterocycles. The van der Waals surface area contributed by atoms with Crippen LogP contribution in [-0.4, -0.2) is 91.1 Å². The third-order valence-electron chi connectivity index (χ3n) is 7.05. The molecular weight excluding hydrogens is 641 g/mol. The summed E-state index contributed by atoms with van der Waals surface area (Å²) < 4.78 is 23.0. The molecule has 2 heterocycles. The van der Waals surface area contributed by atoms with Crippen LogP contribution in [0.5, 0.6) is 17.2 Å². The molecule has 0 saturated carbocycles. The van der Waals surface area contributed by atoms with E-state index in [4.69, 9.17) is 18.6 Å². The van der Waals surface area contributed by atoms with E-state index < -0.39 is 6.10 Å². The SMILES string of the molecule is COc1cc(OC)c2c(=O)cc(-c3cc(C)c(OC[C@H](O)CN4CCN(CC(=O)NC(C)I)CC4)c(C)c3)oc2c1. The van der Waals surface area contributed by atoms with E-state index in [2.05, 4.69) is 37.7 Å². The van der Waals surface area contributed by atoms with Gasteiger partial charge in [-0.3, -0.25) is 19.4 Å². The highest BCUT2D eigenvalue weighted by Crippen LogP contribution is 2.34. The maximum atomic E-state index is 13.0. The molecule has 1 aliphatic rings. The minimum atomic E-state index is -0.660. The number of hydrogen-bond donors (Lipinski definition) is 2. The Labute approximate surface area is 253 Å². The summed E-state index contributed by atoms with van der Waals surface area (Å²) in [7, 11) is 3.04. The van der Waals surface area contributed by atoms with Gasteiger partial charge in [0.2, 0.25) is 5.91 Å². The van der Waals surface area contributed by atoms with Crippen molar-refractivity contribution in [1.29, 1.82) is 0 Å². The predicted molar refractivity (Wildman–Crippen MR) is 167 cm³/mol. The van der Waals surface area contributed by atoms with Crippen molar-refractivity contribution >= 4 is 39.5 Å². The molecule has 0 aliphatic carbocycles. The molecule has 1 aliphatic heterocycles. The third-order valence-corrected chi connectivity index (χ3v) is 7.36. The number of halogens is 1. The number of methoxy groups -OCH3 is 2. The van der Waals surface area contributed by atoms with Crippen molar-refractivity contribution in [3.63, 3.8) is 0 Å². The van der Waals surface area contributed by atoms with Gasteiger partial charge in [-0.15, -0.1) is 0 Å². The van der Waals surface area contributed by atoms with Gasteiger partial charge in [0.1, 0.15) is 46.7 Å². The van der Waals surface area contributed by atoms with Gasteiger partial charge in [0, 0.05) is 56.5 Å². The van der Waals surface area contributed by atoms with Crippen molar-refractivity contribution in [3.05, 3.63) is 51.7 Å². The van der Waals surface area contributed by atoms with Crippen molar-refractivity contribution in [2.24, 2.45) is 0 Å². The molecule has 3 aromatic rings. The quantitative estimate of drug-likeness (QED) is 0.179. The van der Waals surface area contributed by atoms with Gasteiger partial charge < -0.3 is 29.1 Å². The second-order valence-electron chi connectivity index (χ2n) is 10.3. The lowest BCUT2D eigenvalue weighted by atomic mass is 10.0. The third kappa shape index (κ3) is 7.91. The number of rotatable bonds is 11. The van der Waals surface area contributed by atoms with Crippen molar-refractivity contribution in [2.45, 2.75) is 30.9 Å². The van der Waals surface area contributed by atoms with Crippen LogP contribution in [0.3, 0.4) is 0 Å². The second-order valence-corrected chi connectivity index (χ2v) is 12.2. The molecule has 1 amide bonds. The summed E-state index contributed by atoms with van der Waals surface area (Å²) in [5.74, 6) is 2.08. The Kier molecular flexibility index (Phi) is 10.5. The smallest absolute Gasteiger partial charge is 0.234 e. The van der Waals surface area contributed by atoms with Crippen LogP contribution in [0.4, 0.5) is 0 Å². The van der Waals surface area contributed by atoms with E-state index >= 15 is 0 Å². The van der Waals surface area contributed by atoms with Crippen LogP contribution < -0.4 is 25.0 Å². The Morgan fingerprint density at radius 1 is 1.05 bits per heavy atom. The molecule has 10 nitrogen and oxygen atoms in total. The molecule has 1 unspecified atom stereocenters. The highest BCUT2D eigenvalue weighted by atomic mass is 127. The average molecular weight is 680 g/mol. The summed E-state index contributed by atoms with van der Waals surface area (Å²) in [6, 6.07) is 8.60. The van der Waals surface area contributed by atoms with Crippen LogP contribution in [-0.2, 0) is 4.79 Å². The van der Waals surface area contributed by atoms with E-state index in [0.717, 1.165) is 42.9 Å². The molecule has 1 aromatic heterocycles. The number of nitrogens with one attached hydrogen (secondary N) is 1. The molecule has 4 rings (SSSR count). The predicted octanol–water partition coefficient (Wildman–Crippen LogP) is 3.35. The lowest BCUT2D eigenvalue weighted by Gasteiger charge is -2.35. The van der Waals surface area contributed by atoms with E-state index in [1.54, 1.807) is 19.2 Å².